The first-order valence-electron chi connectivity index (χ1n) is 11.8. The van der Waals surface area contributed by atoms with Crippen LogP contribution in [-0.2, 0) is 10.0 Å². The maximum Gasteiger partial charge on any atom is 0.229 e. The molecule has 9 heteroatoms. The summed E-state index contributed by atoms with van der Waals surface area (Å²) in [6.45, 7) is 4.07. The molecule has 2 heterocycles. The topological polar surface area (TPSA) is 89.6 Å². The molecule has 0 saturated carbocycles. The lowest BCUT2D eigenvalue weighted by molar-refractivity contribution is 0.246. The van der Waals surface area contributed by atoms with E-state index >= 15 is 4.39 Å². The molecule has 0 amide bonds. The maximum absolute atomic E-state index is 15.3. The van der Waals surface area contributed by atoms with E-state index in [4.69, 9.17) is 9.47 Å². The molecule has 7 nitrogen and oxygen atoms in total. The zero-order chi connectivity index (χ0) is 25.0. The highest BCUT2D eigenvalue weighted by atomic mass is 32.2. The van der Waals surface area contributed by atoms with E-state index in [0.717, 1.165) is 54.5 Å². The van der Waals surface area contributed by atoms with Crippen LogP contribution in [0, 0.1) is 18.7 Å². The van der Waals surface area contributed by atoms with Gasteiger partial charge in [0.25, 0.3) is 0 Å². The van der Waals surface area contributed by atoms with Gasteiger partial charge in [-0.2, -0.15) is 0 Å². The molecule has 1 saturated heterocycles. The van der Waals surface area contributed by atoms with Gasteiger partial charge in [-0.05, 0) is 87.0 Å². The number of hydrogen-bond acceptors (Lipinski definition) is 6. The number of halogens is 1. The molecule has 188 valence electrons. The normalized spacial score (nSPS) is 15.7. The number of ether oxygens (including phenoxy) is 2. The van der Waals surface area contributed by atoms with Crippen LogP contribution in [0.1, 0.15) is 36.4 Å². The van der Waals surface area contributed by atoms with Gasteiger partial charge in [-0.3, -0.25) is 9.71 Å². The van der Waals surface area contributed by atoms with Crippen molar-refractivity contribution in [3.05, 3.63) is 59.5 Å². The molecule has 1 aromatic heterocycles. The van der Waals surface area contributed by atoms with Crippen LogP contribution >= 0.6 is 0 Å². The second-order valence-corrected chi connectivity index (χ2v) is 10.8. The van der Waals surface area contributed by atoms with Crippen molar-refractivity contribution in [2.75, 3.05) is 37.8 Å². The quantitative estimate of drug-likeness (QED) is 0.445. The highest BCUT2D eigenvalue weighted by Crippen LogP contribution is 2.39. The fourth-order valence-corrected chi connectivity index (χ4v) is 5.41. The second kappa shape index (κ2) is 10.8. The third-order valence-electron chi connectivity index (χ3n) is 6.48. The number of pyridine rings is 1. The summed E-state index contributed by atoms with van der Waals surface area (Å²) in [5.41, 5.74) is 2.52. The van der Waals surface area contributed by atoms with E-state index < -0.39 is 15.8 Å². The lowest BCUT2D eigenvalue weighted by Crippen LogP contribution is -2.31. The number of anilines is 1. The first-order valence-corrected chi connectivity index (χ1v) is 13.7. The summed E-state index contributed by atoms with van der Waals surface area (Å²) in [5.74, 6) is 0.586. The largest absolute Gasteiger partial charge is 0.494 e. The number of nitrogens with zero attached hydrogens (tertiary/aromatic N) is 1. The number of fused-ring (bicyclic) bond motifs is 1. The van der Waals surface area contributed by atoms with Gasteiger partial charge in [-0.15, -0.1) is 0 Å². The number of methoxy groups -OCH3 is 1. The Labute approximate surface area is 206 Å². The predicted molar refractivity (Wildman–Crippen MR) is 136 cm³/mol. The van der Waals surface area contributed by atoms with E-state index in [1.807, 2.05) is 37.3 Å². The van der Waals surface area contributed by atoms with Crippen LogP contribution < -0.4 is 19.5 Å². The first kappa shape index (κ1) is 25.2. The summed E-state index contributed by atoms with van der Waals surface area (Å²) in [5, 5.41) is 4.30. The minimum Gasteiger partial charge on any atom is -0.494 e. The average Bonchev–Trinajstić information content (AvgIpc) is 2.82. The van der Waals surface area contributed by atoms with Crippen molar-refractivity contribution < 1.29 is 22.3 Å². The molecule has 2 N–H and O–H groups in total. The Morgan fingerprint density at radius 3 is 2.66 bits per heavy atom. The highest BCUT2D eigenvalue weighted by molar-refractivity contribution is 7.92. The number of rotatable bonds is 9. The Hall–Kier alpha value is -2.91. The molecule has 1 atom stereocenters. The third-order valence-corrected chi connectivity index (χ3v) is 7.07. The minimum absolute atomic E-state index is 0.140. The summed E-state index contributed by atoms with van der Waals surface area (Å²) in [7, 11) is -2.17. The monoisotopic (exact) mass is 501 g/mol. The van der Waals surface area contributed by atoms with Crippen molar-refractivity contribution in [3.63, 3.8) is 0 Å². The number of hydrogen-bond donors (Lipinski definition) is 2. The molecule has 1 aliphatic rings. The van der Waals surface area contributed by atoms with Gasteiger partial charge in [0, 0.05) is 17.1 Å². The van der Waals surface area contributed by atoms with Gasteiger partial charge in [0.2, 0.25) is 10.0 Å². The molecule has 1 unspecified atom stereocenters. The van der Waals surface area contributed by atoms with E-state index in [1.165, 1.54) is 13.2 Å². The molecule has 4 rings (SSSR count). The van der Waals surface area contributed by atoms with Crippen LogP contribution in [-0.4, -0.2) is 46.5 Å². The van der Waals surface area contributed by atoms with Gasteiger partial charge in [-0.25, -0.2) is 12.8 Å². The molecule has 0 aliphatic carbocycles. The van der Waals surface area contributed by atoms with Crippen LogP contribution in [0.4, 0.5) is 10.1 Å². The summed E-state index contributed by atoms with van der Waals surface area (Å²) < 4.78 is 53.0. The van der Waals surface area contributed by atoms with Crippen LogP contribution in [0.3, 0.4) is 0 Å². The first-order chi connectivity index (χ1) is 16.7. The Balaban J connectivity index is 1.62. The van der Waals surface area contributed by atoms with Crippen LogP contribution in [0.5, 0.6) is 11.5 Å². The van der Waals surface area contributed by atoms with E-state index in [2.05, 4.69) is 15.0 Å². The van der Waals surface area contributed by atoms with Gasteiger partial charge in [-0.1, -0.05) is 6.07 Å². The van der Waals surface area contributed by atoms with Crippen LogP contribution in [0.2, 0.25) is 0 Å². The molecule has 0 bridgehead atoms. The Bertz CT molecular complexity index is 1290. The van der Waals surface area contributed by atoms with Gasteiger partial charge in [0.1, 0.15) is 17.3 Å². The lowest BCUT2D eigenvalue weighted by atomic mass is 9.78. The van der Waals surface area contributed by atoms with Crippen LogP contribution in [0.15, 0.2) is 42.5 Å². The molecule has 1 fully saturated rings. The van der Waals surface area contributed by atoms with Crippen molar-refractivity contribution in [1.29, 1.82) is 0 Å². The standard InChI is InChI=1S/C26H32FN3O4S/c1-17-7-8-20-23(29-17)5-4-6-25(20)34-14-11-19(18-9-12-28-13-10-18)21-15-24(30-35(3,31)32)26(33-2)16-22(21)27/h4-8,15-16,18-19,28,30H,9-14H2,1-3H3. The molecule has 35 heavy (non-hydrogen) atoms. The Kier molecular flexibility index (Phi) is 7.76. The molecular formula is C26H32FN3O4S. The summed E-state index contributed by atoms with van der Waals surface area (Å²) in [6, 6.07) is 12.6. The number of sulfonamides is 1. The highest BCUT2D eigenvalue weighted by Gasteiger charge is 2.29. The van der Waals surface area contributed by atoms with E-state index in [-0.39, 0.29) is 23.3 Å². The molecule has 2 aromatic carbocycles. The molecule has 3 aromatic rings. The van der Waals surface area contributed by atoms with Gasteiger partial charge < -0.3 is 14.8 Å². The molecule has 0 radical (unpaired) electrons. The molecule has 0 spiro atoms. The summed E-state index contributed by atoms with van der Waals surface area (Å²) in [4.78, 5) is 4.56. The van der Waals surface area contributed by atoms with Gasteiger partial charge >= 0.3 is 0 Å². The van der Waals surface area contributed by atoms with Crippen molar-refractivity contribution in [3.8, 4) is 11.5 Å². The lowest BCUT2D eigenvalue weighted by Gasteiger charge is -2.32. The average molecular weight is 502 g/mol. The molecular weight excluding hydrogens is 469 g/mol. The minimum atomic E-state index is -3.56. The Morgan fingerprint density at radius 1 is 1.17 bits per heavy atom. The van der Waals surface area contributed by atoms with Crippen LogP contribution in [0.25, 0.3) is 10.9 Å². The van der Waals surface area contributed by atoms with Gasteiger partial charge in [0.05, 0.1) is 31.2 Å². The molecule has 1 aliphatic heterocycles. The SMILES string of the molecule is COc1cc(F)c(C(CCOc2cccc3nc(C)ccc23)C2CCNCC2)cc1NS(C)(=O)=O. The number of aromatic nitrogens is 1. The van der Waals surface area contributed by atoms with Gasteiger partial charge in [0.15, 0.2) is 0 Å². The second-order valence-electron chi connectivity index (χ2n) is 9.05. The van der Waals surface area contributed by atoms with Crippen molar-refractivity contribution >= 4 is 26.6 Å². The number of piperidine rings is 1. The van der Waals surface area contributed by atoms with Crippen molar-refractivity contribution in [2.45, 2.75) is 32.1 Å². The van der Waals surface area contributed by atoms with E-state index in [0.29, 0.717) is 18.6 Å². The Morgan fingerprint density at radius 2 is 1.94 bits per heavy atom. The zero-order valence-electron chi connectivity index (χ0n) is 20.3. The van der Waals surface area contributed by atoms with Crippen molar-refractivity contribution in [2.24, 2.45) is 5.92 Å². The number of benzene rings is 2. The fourth-order valence-electron chi connectivity index (χ4n) is 4.85. The van der Waals surface area contributed by atoms with E-state index in [9.17, 15) is 8.42 Å². The fraction of sp³-hybridized carbons (Fsp3) is 0.423. The van der Waals surface area contributed by atoms with Crippen molar-refractivity contribution in [1.82, 2.24) is 10.3 Å². The number of aryl methyl sites for hydroxylation is 1. The summed E-state index contributed by atoms with van der Waals surface area (Å²) in [6.07, 6.45) is 3.46. The zero-order valence-corrected chi connectivity index (χ0v) is 21.1. The van der Waals surface area contributed by atoms with E-state index in [1.54, 1.807) is 6.07 Å². The maximum atomic E-state index is 15.3. The third kappa shape index (κ3) is 6.21. The number of nitrogens with one attached hydrogen (secondary N) is 2. The summed E-state index contributed by atoms with van der Waals surface area (Å²) >= 11 is 0. The smallest absolute Gasteiger partial charge is 0.229 e. The predicted octanol–water partition coefficient (Wildman–Crippen LogP) is 4.61.